The van der Waals surface area contributed by atoms with Gasteiger partial charge in [-0.3, -0.25) is 14.2 Å². The van der Waals surface area contributed by atoms with Crippen molar-refractivity contribution >= 4 is 65.8 Å². The molecule has 0 radical (unpaired) electrons. The normalized spacial score (nSPS) is 11.5. The van der Waals surface area contributed by atoms with Crippen LogP contribution in [0.25, 0.3) is 32.3 Å². The summed E-state index contributed by atoms with van der Waals surface area (Å²) < 4.78 is 7.91. The third-order valence-corrected chi connectivity index (χ3v) is 6.81. The first-order valence-electron chi connectivity index (χ1n) is 9.37. The van der Waals surface area contributed by atoms with E-state index in [-0.39, 0.29) is 23.6 Å². The molecule has 5 rings (SSSR count). The van der Waals surface area contributed by atoms with Crippen molar-refractivity contribution in [2.75, 3.05) is 0 Å². The Hall–Kier alpha value is -2.74. The van der Waals surface area contributed by atoms with Crippen LogP contribution in [0.3, 0.4) is 0 Å². The molecule has 0 aliphatic rings. The summed E-state index contributed by atoms with van der Waals surface area (Å²) >= 11 is 10.9. The SMILES string of the molecule is Cc1sc2ncn(CC(=O)c3cc4cc(Br)ccc4o3)c(=O)c2c1-c1ccc(Cl)cc1. The lowest BCUT2D eigenvalue weighted by Crippen LogP contribution is -2.24. The maximum atomic E-state index is 13.3. The molecule has 0 amide bonds. The molecular weight excluding hydrogens is 500 g/mol. The first-order valence-corrected chi connectivity index (χ1v) is 11.4. The number of hydrogen-bond acceptors (Lipinski definition) is 5. The van der Waals surface area contributed by atoms with Gasteiger partial charge in [0, 0.05) is 25.3 Å². The maximum absolute atomic E-state index is 13.3. The van der Waals surface area contributed by atoms with Crippen molar-refractivity contribution in [2.24, 2.45) is 0 Å². The van der Waals surface area contributed by atoms with E-state index in [4.69, 9.17) is 16.0 Å². The number of rotatable bonds is 4. The Bertz CT molecular complexity index is 1530. The van der Waals surface area contributed by atoms with Gasteiger partial charge in [0.2, 0.25) is 5.78 Å². The molecule has 0 unspecified atom stereocenters. The molecule has 5 nitrogen and oxygen atoms in total. The van der Waals surface area contributed by atoms with Gasteiger partial charge in [-0.1, -0.05) is 39.7 Å². The minimum absolute atomic E-state index is 0.155. The zero-order chi connectivity index (χ0) is 21.7. The summed E-state index contributed by atoms with van der Waals surface area (Å²) in [5.74, 6) is -0.0879. The van der Waals surface area contributed by atoms with Crippen LogP contribution in [0.2, 0.25) is 5.02 Å². The van der Waals surface area contributed by atoms with Gasteiger partial charge in [-0.15, -0.1) is 11.3 Å². The molecule has 2 aromatic carbocycles. The van der Waals surface area contributed by atoms with Crippen molar-refractivity contribution in [2.45, 2.75) is 13.5 Å². The smallest absolute Gasteiger partial charge is 0.263 e. The second kappa shape index (κ2) is 7.75. The number of thiophene rings is 1. The Balaban J connectivity index is 1.56. The first kappa shape index (κ1) is 20.2. The summed E-state index contributed by atoms with van der Waals surface area (Å²) in [5.41, 5.74) is 2.07. The summed E-state index contributed by atoms with van der Waals surface area (Å²) in [6, 6.07) is 14.5. The molecule has 3 heterocycles. The average molecular weight is 514 g/mol. The summed E-state index contributed by atoms with van der Waals surface area (Å²) in [6.45, 7) is 1.80. The summed E-state index contributed by atoms with van der Waals surface area (Å²) in [6.07, 6.45) is 1.42. The molecule has 0 saturated carbocycles. The fourth-order valence-electron chi connectivity index (χ4n) is 3.60. The lowest BCUT2D eigenvalue weighted by atomic mass is 10.0. The number of halogens is 2. The summed E-state index contributed by atoms with van der Waals surface area (Å²) in [4.78, 5) is 32.2. The van der Waals surface area contributed by atoms with Gasteiger partial charge in [0.1, 0.15) is 10.4 Å². The minimum atomic E-state index is -0.296. The molecule has 154 valence electrons. The molecule has 0 N–H and O–H groups in total. The molecule has 0 fully saturated rings. The highest BCUT2D eigenvalue weighted by molar-refractivity contribution is 9.10. The van der Waals surface area contributed by atoms with Gasteiger partial charge in [-0.2, -0.15) is 0 Å². The van der Waals surface area contributed by atoms with E-state index in [0.29, 0.717) is 20.8 Å². The van der Waals surface area contributed by atoms with E-state index in [0.717, 1.165) is 25.9 Å². The predicted molar refractivity (Wildman–Crippen MR) is 127 cm³/mol. The molecule has 0 aliphatic carbocycles. The van der Waals surface area contributed by atoms with Crippen LogP contribution in [0.1, 0.15) is 15.4 Å². The van der Waals surface area contributed by atoms with E-state index in [1.165, 1.54) is 22.2 Å². The van der Waals surface area contributed by atoms with Crippen molar-refractivity contribution in [1.82, 2.24) is 9.55 Å². The predicted octanol–water partition coefficient (Wildman–Crippen LogP) is 6.48. The zero-order valence-electron chi connectivity index (χ0n) is 16.2. The molecule has 0 spiro atoms. The third-order valence-electron chi connectivity index (χ3n) is 5.05. The van der Waals surface area contributed by atoms with Crippen LogP contribution in [0.4, 0.5) is 0 Å². The van der Waals surface area contributed by atoms with Gasteiger partial charge in [-0.05, 0) is 48.9 Å². The van der Waals surface area contributed by atoms with Gasteiger partial charge < -0.3 is 4.42 Å². The number of aromatic nitrogens is 2. The fourth-order valence-corrected chi connectivity index (χ4v) is 5.11. The van der Waals surface area contributed by atoms with Gasteiger partial charge in [-0.25, -0.2) is 4.98 Å². The quantitative estimate of drug-likeness (QED) is 0.258. The zero-order valence-corrected chi connectivity index (χ0v) is 19.3. The van der Waals surface area contributed by atoms with Crippen LogP contribution in [0.5, 0.6) is 0 Å². The fraction of sp³-hybridized carbons (Fsp3) is 0.0870. The Morgan fingerprint density at radius 2 is 1.97 bits per heavy atom. The monoisotopic (exact) mass is 512 g/mol. The number of furan rings is 1. The van der Waals surface area contributed by atoms with Crippen molar-refractivity contribution < 1.29 is 9.21 Å². The van der Waals surface area contributed by atoms with E-state index in [1.54, 1.807) is 24.3 Å². The van der Waals surface area contributed by atoms with Gasteiger partial charge in [0.15, 0.2) is 5.76 Å². The molecule has 0 bridgehead atoms. The number of Topliss-reactive ketones (excluding diaryl/α,β-unsaturated/α-hetero) is 1. The highest BCUT2D eigenvalue weighted by Gasteiger charge is 2.19. The van der Waals surface area contributed by atoms with E-state index in [2.05, 4.69) is 20.9 Å². The van der Waals surface area contributed by atoms with Gasteiger partial charge in [0.25, 0.3) is 5.56 Å². The van der Waals surface area contributed by atoms with E-state index in [9.17, 15) is 9.59 Å². The highest BCUT2D eigenvalue weighted by Crippen LogP contribution is 2.35. The van der Waals surface area contributed by atoms with Crippen molar-refractivity contribution in [3.05, 3.63) is 85.3 Å². The van der Waals surface area contributed by atoms with Crippen LogP contribution in [-0.2, 0) is 6.54 Å². The molecule has 31 heavy (non-hydrogen) atoms. The standard InChI is InChI=1S/C23H14BrClN2O3S/c1-12-20(13-2-5-16(25)6-3-13)21-22(31-12)26-11-27(23(21)29)10-17(28)19-9-14-8-15(24)4-7-18(14)30-19/h2-9,11H,10H2,1H3. The molecule has 0 saturated heterocycles. The number of carbonyl (C=O) groups excluding carboxylic acids is 1. The van der Waals surface area contributed by atoms with E-state index in [1.807, 2.05) is 31.2 Å². The third kappa shape index (κ3) is 3.63. The Labute approximate surface area is 194 Å². The van der Waals surface area contributed by atoms with Gasteiger partial charge >= 0.3 is 0 Å². The number of benzene rings is 2. The number of nitrogens with zero attached hydrogens (tertiary/aromatic N) is 2. The van der Waals surface area contributed by atoms with E-state index < -0.39 is 0 Å². The Morgan fingerprint density at radius 1 is 1.19 bits per heavy atom. The first-order chi connectivity index (χ1) is 14.9. The van der Waals surface area contributed by atoms with E-state index >= 15 is 0 Å². The molecular formula is C23H14BrClN2O3S. The van der Waals surface area contributed by atoms with Crippen LogP contribution < -0.4 is 5.56 Å². The molecule has 8 heteroatoms. The average Bonchev–Trinajstić information content (AvgIpc) is 3.31. The Kier molecular flexibility index (Phi) is 5.04. The number of ketones is 1. The van der Waals surface area contributed by atoms with Crippen LogP contribution in [-0.4, -0.2) is 15.3 Å². The molecule has 0 aliphatic heterocycles. The second-order valence-electron chi connectivity index (χ2n) is 7.11. The number of hydrogen-bond donors (Lipinski definition) is 0. The van der Waals surface area contributed by atoms with Crippen molar-refractivity contribution in [1.29, 1.82) is 0 Å². The van der Waals surface area contributed by atoms with Crippen molar-refractivity contribution in [3.8, 4) is 11.1 Å². The van der Waals surface area contributed by atoms with Crippen LogP contribution in [0.15, 0.2) is 68.5 Å². The molecule has 3 aromatic heterocycles. The highest BCUT2D eigenvalue weighted by atomic mass is 79.9. The number of fused-ring (bicyclic) bond motifs is 2. The topological polar surface area (TPSA) is 65.1 Å². The lowest BCUT2D eigenvalue weighted by Gasteiger charge is -2.05. The minimum Gasteiger partial charge on any atom is -0.453 e. The number of carbonyl (C=O) groups is 1. The largest absolute Gasteiger partial charge is 0.453 e. The number of aryl methyl sites for hydroxylation is 1. The molecule has 5 aromatic rings. The Morgan fingerprint density at radius 3 is 2.74 bits per heavy atom. The van der Waals surface area contributed by atoms with Crippen LogP contribution in [0, 0.1) is 6.92 Å². The summed E-state index contributed by atoms with van der Waals surface area (Å²) in [7, 11) is 0. The summed E-state index contributed by atoms with van der Waals surface area (Å²) in [5, 5.41) is 1.95. The molecule has 0 atom stereocenters. The van der Waals surface area contributed by atoms with Crippen molar-refractivity contribution in [3.63, 3.8) is 0 Å². The van der Waals surface area contributed by atoms with Crippen LogP contribution >= 0.6 is 38.9 Å². The second-order valence-corrected chi connectivity index (χ2v) is 9.67. The van der Waals surface area contributed by atoms with Gasteiger partial charge in [0.05, 0.1) is 18.3 Å². The lowest BCUT2D eigenvalue weighted by molar-refractivity contribution is 0.0945. The maximum Gasteiger partial charge on any atom is 0.263 e.